The zero-order valence-corrected chi connectivity index (χ0v) is 45.4. The molecule has 0 radical (unpaired) electrons. The molecule has 1 aromatic rings. The van der Waals surface area contributed by atoms with Crippen molar-refractivity contribution in [2.75, 3.05) is 39.8 Å². The van der Waals surface area contributed by atoms with E-state index in [0.29, 0.717) is 25.8 Å². The third kappa shape index (κ3) is 19.7. The number of carbonyl (C=O) groups is 10. The van der Waals surface area contributed by atoms with Gasteiger partial charge in [-0.05, 0) is 57.8 Å². The predicted molar refractivity (Wildman–Crippen MR) is 272 cm³/mol. The molecule has 1 saturated heterocycles. The first kappa shape index (κ1) is 66.9. The van der Waals surface area contributed by atoms with Crippen molar-refractivity contribution in [3.63, 3.8) is 0 Å². The Morgan fingerprint density at radius 3 is 1.77 bits per heavy atom. The summed E-state index contributed by atoms with van der Waals surface area (Å²) >= 11 is 0. The van der Waals surface area contributed by atoms with Gasteiger partial charge < -0.3 is 68.9 Å². The molecule has 24 nitrogen and oxygen atoms in total. The summed E-state index contributed by atoms with van der Waals surface area (Å²) in [5, 5.41) is 30.0. The molecule has 0 unspecified atom stereocenters. The lowest BCUT2D eigenvalue weighted by molar-refractivity contribution is -0.142. The van der Waals surface area contributed by atoms with Crippen molar-refractivity contribution >= 4 is 65.0 Å². The molecule has 9 atom stereocenters. The lowest BCUT2D eigenvalue weighted by Crippen LogP contribution is -2.62. The number of carbonyl (C=O) groups excluding carboxylic acids is 10. The Hall–Kier alpha value is -7.20. The number of likely N-dealkylation sites (N-methyl/N-ethyl adjacent to an activating group) is 2. The van der Waals surface area contributed by atoms with Crippen LogP contribution in [0.1, 0.15) is 106 Å². The number of hydrogen-bond donors (Lipinski definition) is 11. The summed E-state index contributed by atoms with van der Waals surface area (Å²) in [6.07, 6.45) is -1.79. The molecule has 2 rings (SSSR count). The normalized spacial score (nSPS) is 16.2. The van der Waals surface area contributed by atoms with Crippen molar-refractivity contribution < 1.29 is 75.0 Å². The topological polar surface area (TPSA) is 358 Å². The molecule has 1 aliphatic rings. The number of amides is 10. The largest absolute Gasteiger partial charge is 0.391 e. The van der Waals surface area contributed by atoms with Crippen LogP contribution in [0.25, 0.3) is 0 Å². The van der Waals surface area contributed by atoms with Crippen molar-refractivity contribution in [1.29, 1.82) is 0 Å². The van der Waals surface area contributed by atoms with Crippen molar-refractivity contribution in [1.82, 2.24) is 52.3 Å². The van der Waals surface area contributed by atoms with Gasteiger partial charge in [0.15, 0.2) is 29.2 Å². The number of nitrogens with zero attached hydrogens (tertiary/aromatic N) is 3. The van der Waals surface area contributed by atoms with Crippen LogP contribution in [-0.4, -0.2) is 168 Å². The van der Waals surface area contributed by atoms with E-state index in [-0.39, 0.29) is 50.6 Å². The second-order valence-electron chi connectivity index (χ2n) is 19.3. The van der Waals surface area contributed by atoms with E-state index in [1.807, 2.05) is 0 Å². The number of aliphatic hydroxyl groups excluding tert-OH is 1. The average molecular weight is 1120 g/mol. The lowest BCUT2D eigenvalue weighted by Gasteiger charge is -2.31. The number of guanidine groups is 1. The molecule has 438 valence electrons. The Morgan fingerprint density at radius 1 is 0.692 bits per heavy atom. The van der Waals surface area contributed by atoms with Crippen LogP contribution in [0.3, 0.4) is 0 Å². The van der Waals surface area contributed by atoms with Crippen molar-refractivity contribution in [3.05, 3.63) is 34.6 Å². The monoisotopic (exact) mass is 1120 g/mol. The highest BCUT2D eigenvalue weighted by Gasteiger charge is 2.40. The molecule has 0 saturated carbocycles. The summed E-state index contributed by atoms with van der Waals surface area (Å²) in [5.41, 5.74) is 9.37. The van der Waals surface area contributed by atoms with Crippen LogP contribution in [0.4, 0.5) is 22.0 Å². The Balaban J connectivity index is 2.48. The van der Waals surface area contributed by atoms with Crippen molar-refractivity contribution in [2.24, 2.45) is 28.3 Å². The van der Waals surface area contributed by atoms with Crippen LogP contribution in [0.5, 0.6) is 0 Å². The minimum Gasteiger partial charge on any atom is -0.391 e. The van der Waals surface area contributed by atoms with Crippen molar-refractivity contribution in [3.8, 4) is 0 Å². The molecule has 78 heavy (non-hydrogen) atoms. The van der Waals surface area contributed by atoms with Crippen LogP contribution in [0.15, 0.2) is 4.99 Å². The van der Waals surface area contributed by atoms with E-state index in [1.54, 1.807) is 27.7 Å². The number of aliphatic hydroxyl groups is 1. The predicted octanol–water partition coefficient (Wildman–Crippen LogP) is -1.51. The zero-order chi connectivity index (χ0) is 59.3. The van der Waals surface area contributed by atoms with Gasteiger partial charge in [0.05, 0.1) is 19.2 Å². The first-order chi connectivity index (χ1) is 36.5. The van der Waals surface area contributed by atoms with Crippen LogP contribution < -0.4 is 54.0 Å². The molecule has 1 heterocycles. The van der Waals surface area contributed by atoms with E-state index >= 15 is 8.78 Å². The summed E-state index contributed by atoms with van der Waals surface area (Å²) < 4.78 is 73.3. The Kier molecular flexibility index (Phi) is 27.3. The second-order valence-corrected chi connectivity index (χ2v) is 19.3. The third-order valence-electron chi connectivity index (χ3n) is 12.8. The molecular formula is C49H76F5N13O11. The highest BCUT2D eigenvalue weighted by atomic mass is 19.2. The van der Waals surface area contributed by atoms with Gasteiger partial charge in [-0.25, -0.2) is 22.0 Å². The van der Waals surface area contributed by atoms with Gasteiger partial charge in [-0.2, -0.15) is 0 Å². The van der Waals surface area contributed by atoms with Crippen LogP contribution in [0, 0.1) is 40.9 Å². The number of aliphatic imine (C=N–C) groups is 1. The van der Waals surface area contributed by atoms with Gasteiger partial charge in [-0.3, -0.25) is 52.9 Å². The van der Waals surface area contributed by atoms with E-state index < -0.39 is 168 Å². The molecule has 13 N–H and O–H groups in total. The minimum absolute atomic E-state index is 0.0209. The van der Waals surface area contributed by atoms with Gasteiger partial charge in [0.1, 0.15) is 42.3 Å². The van der Waals surface area contributed by atoms with Gasteiger partial charge in [-0.15, -0.1) is 0 Å². The molecular weight excluding hydrogens is 1040 g/mol. The Labute approximate surface area is 449 Å². The highest BCUT2D eigenvalue weighted by Crippen LogP contribution is 2.25. The molecule has 1 aromatic carbocycles. The number of benzene rings is 1. The second kappa shape index (κ2) is 31.9. The van der Waals surface area contributed by atoms with Gasteiger partial charge in [0.25, 0.3) is 0 Å². The summed E-state index contributed by atoms with van der Waals surface area (Å²) in [4.78, 5) is 140. The molecule has 0 aliphatic carbocycles. The van der Waals surface area contributed by atoms with E-state index in [9.17, 15) is 66.2 Å². The minimum atomic E-state index is -2.53. The molecule has 1 aliphatic heterocycles. The molecule has 29 heteroatoms. The van der Waals surface area contributed by atoms with Gasteiger partial charge in [0.2, 0.25) is 64.9 Å². The number of nitrogens with two attached hydrogens (primary N) is 2. The maximum absolute atomic E-state index is 15.1. The van der Waals surface area contributed by atoms with E-state index in [1.165, 1.54) is 32.7 Å². The van der Waals surface area contributed by atoms with E-state index in [0.717, 1.165) is 11.8 Å². The lowest BCUT2D eigenvalue weighted by atomic mass is 9.96. The van der Waals surface area contributed by atoms with Crippen LogP contribution in [0.2, 0.25) is 0 Å². The van der Waals surface area contributed by atoms with Crippen LogP contribution in [-0.2, 0) is 54.4 Å². The first-order valence-electron chi connectivity index (χ1n) is 25.6. The quantitative estimate of drug-likeness (QED) is 0.0104. The zero-order valence-electron chi connectivity index (χ0n) is 45.4. The third-order valence-corrected chi connectivity index (χ3v) is 12.8. The fraction of sp³-hybridized carbons (Fsp3) is 0.653. The standard InChI is InChI=1S/C49H76F5N13O11/c1-10-15-28(42(72)64-40(24(6)11-2)46(76)61-29(16-13-18-58-49(55)56)48(78)67-19-14-17-31(67)44(74)57-12-3)60-47(77)41(25(7)68)65-43(73)30(20-27-34(50)36(52)38(54)37(53)35(27)51)62-45(75)39(23(4)5)63-32(70)21-59-33(71)22-66(9)26(8)69/h23-25,28-31,39-41,68H,10-22H2,1-9H3,(H,57,74)(H,59,71)(H,60,77)(H,61,76)(H,62,75)(H,63,70)(H,64,72)(H,65,73)(H4,55,56,58)/t24-,25+,28-,29-,30+,31-,39-,40-,41-/m0/s1. The van der Waals surface area contributed by atoms with E-state index in [2.05, 4.69) is 47.5 Å². The maximum Gasteiger partial charge on any atom is 0.245 e. The van der Waals surface area contributed by atoms with Gasteiger partial charge in [-0.1, -0.05) is 47.5 Å². The van der Waals surface area contributed by atoms with Crippen molar-refractivity contribution in [2.45, 2.75) is 155 Å². The molecule has 1 fully saturated rings. The summed E-state index contributed by atoms with van der Waals surface area (Å²) in [6, 6.07) is -10.9. The van der Waals surface area contributed by atoms with E-state index in [4.69, 9.17) is 11.5 Å². The number of hydrogen-bond acceptors (Lipinski definition) is 12. The smallest absolute Gasteiger partial charge is 0.245 e. The first-order valence-corrected chi connectivity index (χ1v) is 25.6. The number of likely N-dealkylation sites (tertiary alicyclic amines) is 1. The van der Waals surface area contributed by atoms with Gasteiger partial charge >= 0.3 is 0 Å². The fourth-order valence-corrected chi connectivity index (χ4v) is 8.08. The number of nitrogens with one attached hydrogen (secondary N) is 8. The number of halogens is 5. The molecule has 0 aromatic heterocycles. The molecule has 0 bridgehead atoms. The molecule has 0 spiro atoms. The SMILES string of the molecule is CCC[C@H](NC(=O)[C@@H](NC(=O)[C@@H](Cc1c(F)c(F)c(F)c(F)c1F)NC(=O)[C@@H](NC(=O)CNC(=O)CN(C)C(C)=O)C(C)C)[C@@H](C)O)C(=O)N[C@H](C(=O)N[C@@H](CCCN=C(N)N)C(=O)N1CCC[C@H]1C(=O)NCC)[C@@H](C)CC. The maximum atomic E-state index is 15.1. The summed E-state index contributed by atoms with van der Waals surface area (Å²) in [7, 11) is 1.32. The number of rotatable bonds is 30. The highest BCUT2D eigenvalue weighted by molar-refractivity contribution is 5.98. The fourth-order valence-electron chi connectivity index (χ4n) is 8.08. The summed E-state index contributed by atoms with van der Waals surface area (Å²) in [5.74, 6) is -22.6. The Bertz CT molecular complexity index is 2330. The Morgan fingerprint density at radius 2 is 1.23 bits per heavy atom. The average Bonchev–Trinajstić information content (AvgIpc) is 3.88. The van der Waals surface area contributed by atoms with Crippen LogP contribution >= 0.6 is 0 Å². The van der Waals surface area contributed by atoms with Gasteiger partial charge in [0, 0.05) is 45.6 Å². The molecule has 10 amide bonds. The summed E-state index contributed by atoms with van der Waals surface area (Å²) in [6.45, 7) is 11.2.